The number of carbonyl (C=O) groups excluding carboxylic acids is 1. The Hall–Kier alpha value is -4.02. The van der Waals surface area contributed by atoms with Gasteiger partial charge in [0.2, 0.25) is 5.91 Å². The van der Waals surface area contributed by atoms with Crippen molar-refractivity contribution in [3.05, 3.63) is 59.5 Å². The number of nitrogens with one attached hydrogen (secondary N) is 1. The lowest BCUT2D eigenvalue weighted by molar-refractivity contribution is -0.140. The van der Waals surface area contributed by atoms with Crippen LogP contribution in [0.2, 0.25) is 0 Å². The van der Waals surface area contributed by atoms with Crippen molar-refractivity contribution in [3.8, 4) is 17.9 Å². The normalized spacial score (nSPS) is 14.7. The Kier molecular flexibility index (Phi) is 10.8. The Morgan fingerprint density at radius 3 is 2.51 bits per heavy atom. The zero-order chi connectivity index (χ0) is 32.8. The second kappa shape index (κ2) is 14.4. The number of benzene rings is 1. The first-order valence-electron chi connectivity index (χ1n) is 15.5. The number of fused-ring (bicyclic) bond motifs is 1. The molecule has 4 rings (SSSR count). The number of rotatable bonds is 10. The largest absolute Gasteiger partial charge is 0.406 e. The van der Waals surface area contributed by atoms with Crippen molar-refractivity contribution in [1.29, 1.82) is 5.26 Å². The number of alkyl halides is 3. The van der Waals surface area contributed by atoms with Gasteiger partial charge in [0, 0.05) is 24.0 Å². The average molecular weight is 621 g/mol. The van der Waals surface area contributed by atoms with Crippen molar-refractivity contribution >= 4 is 22.5 Å². The molecule has 240 valence electrons. The summed E-state index contributed by atoms with van der Waals surface area (Å²) in [4.78, 5) is 20.8. The number of piperidine rings is 1. The number of aryl methyl sites for hydroxylation is 1. The molecular formula is C35H43F3N6O. The van der Waals surface area contributed by atoms with Crippen molar-refractivity contribution in [2.45, 2.75) is 77.6 Å². The lowest BCUT2D eigenvalue weighted by Gasteiger charge is -2.33. The Balaban J connectivity index is 1.38. The summed E-state index contributed by atoms with van der Waals surface area (Å²) >= 11 is 0. The summed E-state index contributed by atoms with van der Waals surface area (Å²) < 4.78 is 41.8. The van der Waals surface area contributed by atoms with Crippen molar-refractivity contribution in [2.75, 3.05) is 38.5 Å². The van der Waals surface area contributed by atoms with Crippen LogP contribution in [0.3, 0.4) is 0 Å². The molecular weight excluding hydrogens is 577 g/mol. The Bertz CT molecular complexity index is 1570. The van der Waals surface area contributed by atoms with Crippen molar-refractivity contribution < 1.29 is 18.0 Å². The van der Waals surface area contributed by atoms with Crippen LogP contribution in [-0.2, 0) is 23.2 Å². The molecule has 1 aliphatic rings. The van der Waals surface area contributed by atoms with E-state index >= 15 is 0 Å². The molecule has 1 N–H and O–H groups in total. The van der Waals surface area contributed by atoms with Crippen molar-refractivity contribution in [1.82, 2.24) is 19.4 Å². The fourth-order valence-corrected chi connectivity index (χ4v) is 5.53. The Morgan fingerprint density at radius 1 is 1.16 bits per heavy atom. The molecule has 0 aliphatic carbocycles. The van der Waals surface area contributed by atoms with Crippen LogP contribution in [0.1, 0.15) is 63.9 Å². The van der Waals surface area contributed by atoms with E-state index in [1.807, 2.05) is 39.1 Å². The quantitative estimate of drug-likeness (QED) is 0.267. The summed E-state index contributed by atoms with van der Waals surface area (Å²) in [5.41, 5.74) is 2.59. The van der Waals surface area contributed by atoms with Gasteiger partial charge in [0.15, 0.2) is 0 Å². The predicted molar refractivity (Wildman–Crippen MR) is 172 cm³/mol. The van der Waals surface area contributed by atoms with Crippen LogP contribution in [0.15, 0.2) is 42.6 Å². The van der Waals surface area contributed by atoms with Gasteiger partial charge in [-0.1, -0.05) is 12.0 Å². The van der Waals surface area contributed by atoms with E-state index in [0.717, 1.165) is 49.7 Å². The zero-order valence-electron chi connectivity index (χ0n) is 26.8. The Morgan fingerprint density at radius 2 is 1.89 bits per heavy atom. The summed E-state index contributed by atoms with van der Waals surface area (Å²) in [6, 6.07) is 13.4. The molecule has 1 fully saturated rings. The molecule has 0 unspecified atom stereocenters. The Labute approximate surface area is 264 Å². The minimum Gasteiger partial charge on any atom is -0.373 e. The zero-order valence-corrected chi connectivity index (χ0v) is 26.8. The first-order chi connectivity index (χ1) is 21.3. The summed E-state index contributed by atoms with van der Waals surface area (Å²) in [5.74, 6) is 6.58. The van der Waals surface area contributed by atoms with Gasteiger partial charge in [-0.3, -0.25) is 14.7 Å². The highest BCUT2D eigenvalue weighted by Gasteiger charge is 2.30. The van der Waals surface area contributed by atoms with Gasteiger partial charge in [-0.05, 0) is 114 Å². The van der Waals surface area contributed by atoms with Crippen LogP contribution >= 0.6 is 0 Å². The maximum atomic E-state index is 13.5. The summed E-state index contributed by atoms with van der Waals surface area (Å²) in [5, 5.41) is 13.2. The fourth-order valence-electron chi connectivity index (χ4n) is 5.53. The number of hydrogen-bond acceptors (Lipinski definition) is 5. The molecule has 0 bridgehead atoms. The van der Waals surface area contributed by atoms with Gasteiger partial charge in [0.25, 0.3) is 0 Å². The van der Waals surface area contributed by atoms with Gasteiger partial charge in [-0.25, -0.2) is 0 Å². The van der Waals surface area contributed by atoms with Crippen molar-refractivity contribution in [2.24, 2.45) is 5.92 Å². The van der Waals surface area contributed by atoms with Crippen LogP contribution in [0.25, 0.3) is 10.9 Å². The highest BCUT2D eigenvalue weighted by molar-refractivity contribution is 5.83. The smallest absolute Gasteiger partial charge is 0.373 e. The maximum Gasteiger partial charge on any atom is 0.406 e. The highest BCUT2D eigenvalue weighted by atomic mass is 19.4. The van der Waals surface area contributed by atoms with E-state index in [1.54, 1.807) is 43.1 Å². The monoisotopic (exact) mass is 620 g/mol. The first-order valence-corrected chi connectivity index (χ1v) is 15.5. The third kappa shape index (κ3) is 9.25. The molecule has 7 nitrogen and oxygen atoms in total. The molecule has 0 atom stereocenters. The standard InChI is InChI=1S/C35H43F3N6O/c1-25(2)42(5)33(45)22-43-17-14-26(15-18-43)8-9-27-10-12-31-28(19-27)20-30(44(31)24-35(36,37)38)7-6-16-40-29-11-13-32(41-21-29)34(3,4)23-39/h10-13,19-21,25-26,40H,8-9,14-18,22,24H2,1-5H3. The highest BCUT2D eigenvalue weighted by Crippen LogP contribution is 2.28. The fraction of sp³-hybridized carbons (Fsp3) is 0.514. The number of anilines is 1. The molecule has 1 aromatic carbocycles. The van der Waals surface area contributed by atoms with E-state index in [-0.39, 0.29) is 18.5 Å². The summed E-state index contributed by atoms with van der Waals surface area (Å²) in [6.07, 6.45) is 1.17. The molecule has 0 spiro atoms. The molecule has 1 saturated heterocycles. The van der Waals surface area contributed by atoms with E-state index in [2.05, 4.69) is 33.1 Å². The molecule has 1 amide bonds. The van der Waals surface area contributed by atoms with Crippen LogP contribution in [0, 0.1) is 29.1 Å². The van der Waals surface area contributed by atoms with E-state index in [1.165, 1.54) is 4.57 Å². The lowest BCUT2D eigenvalue weighted by Crippen LogP contribution is -2.44. The number of hydrogen-bond donors (Lipinski definition) is 1. The molecule has 1 aliphatic heterocycles. The molecule has 10 heteroatoms. The average Bonchev–Trinajstić information content (AvgIpc) is 3.33. The molecule has 3 aromatic rings. The summed E-state index contributed by atoms with van der Waals surface area (Å²) in [6.45, 7) is 8.99. The van der Waals surface area contributed by atoms with Gasteiger partial charge in [-0.2, -0.15) is 18.4 Å². The topological polar surface area (TPSA) is 77.2 Å². The second-order valence-corrected chi connectivity index (χ2v) is 12.8. The van der Waals surface area contributed by atoms with Gasteiger partial charge < -0.3 is 14.8 Å². The number of halogens is 3. The summed E-state index contributed by atoms with van der Waals surface area (Å²) in [7, 11) is 1.85. The molecule has 0 radical (unpaired) electrons. The van der Waals surface area contributed by atoms with E-state index in [4.69, 9.17) is 0 Å². The lowest BCUT2D eigenvalue weighted by atomic mass is 9.90. The second-order valence-electron chi connectivity index (χ2n) is 12.8. The number of nitriles is 1. The molecule has 0 saturated carbocycles. The third-order valence-corrected chi connectivity index (χ3v) is 8.66. The number of pyridine rings is 1. The SMILES string of the molecule is CC(C)N(C)C(=O)CN1CCC(CCc2ccc3c(c2)cc(C#CCNc2ccc(C(C)(C)C#N)nc2)n3CC(F)(F)F)CC1. The van der Waals surface area contributed by atoms with E-state index in [9.17, 15) is 23.2 Å². The predicted octanol–water partition coefficient (Wildman–Crippen LogP) is 6.37. The minimum atomic E-state index is -4.38. The molecule has 2 aromatic heterocycles. The van der Waals surface area contributed by atoms with Gasteiger partial charge in [0.1, 0.15) is 6.54 Å². The number of likely N-dealkylation sites (tertiary alicyclic amines) is 1. The van der Waals surface area contributed by atoms with E-state index in [0.29, 0.717) is 35.1 Å². The number of aromatic nitrogens is 2. The van der Waals surface area contributed by atoms with Crippen LogP contribution in [0.5, 0.6) is 0 Å². The molecule has 3 heterocycles. The van der Waals surface area contributed by atoms with Crippen LogP contribution < -0.4 is 5.32 Å². The number of nitrogens with zero attached hydrogens (tertiary/aromatic N) is 5. The van der Waals surface area contributed by atoms with Gasteiger partial charge in [-0.15, -0.1) is 0 Å². The minimum absolute atomic E-state index is 0.151. The number of carbonyl (C=O) groups is 1. The van der Waals surface area contributed by atoms with Crippen LogP contribution in [0.4, 0.5) is 18.9 Å². The van der Waals surface area contributed by atoms with E-state index < -0.39 is 18.1 Å². The molecule has 45 heavy (non-hydrogen) atoms. The first kappa shape index (κ1) is 33.9. The van der Waals surface area contributed by atoms with Gasteiger partial charge >= 0.3 is 6.18 Å². The number of likely N-dealkylation sites (N-methyl/N-ethyl adjacent to an activating group) is 1. The van der Waals surface area contributed by atoms with Gasteiger partial charge in [0.05, 0.1) is 47.8 Å². The van der Waals surface area contributed by atoms with Crippen molar-refractivity contribution in [3.63, 3.8) is 0 Å². The van der Waals surface area contributed by atoms with Crippen LogP contribution in [-0.4, -0.2) is 70.7 Å². The number of amides is 1. The maximum absolute atomic E-state index is 13.5. The third-order valence-electron chi connectivity index (χ3n) is 8.66.